The Morgan fingerprint density at radius 3 is 2.29 bits per heavy atom. The fraction of sp³-hybridized carbons (Fsp3) is 0.455. The first kappa shape index (κ1) is 12.9. The molecule has 0 amide bonds. The Labute approximate surface area is 85.5 Å². The molecule has 1 aromatic rings. The van der Waals surface area contributed by atoms with Crippen LogP contribution in [0, 0.1) is 0 Å². The van der Waals surface area contributed by atoms with Gasteiger partial charge in [-0.1, -0.05) is 25.1 Å². The van der Waals surface area contributed by atoms with Crippen molar-refractivity contribution >= 4 is 0 Å². The van der Waals surface area contributed by atoms with Gasteiger partial charge in [-0.2, -0.15) is 0 Å². The fourth-order valence-electron chi connectivity index (χ4n) is 0.680. The summed E-state index contributed by atoms with van der Waals surface area (Å²) in [5.74, 6) is 0.802. The normalized spacial score (nSPS) is 8.79. The third kappa shape index (κ3) is 7.58. The SMILES string of the molecule is CCCN.OCCOc1ccccc1. The molecule has 0 radical (unpaired) electrons. The maximum Gasteiger partial charge on any atom is 0.119 e. The standard InChI is InChI=1S/C8H10O2.C3H9N/c9-6-7-10-8-4-2-1-3-5-8;1-2-3-4/h1-5,9H,6-7H2;2-4H2,1H3. The van der Waals surface area contributed by atoms with Crippen LogP contribution in [0.1, 0.15) is 13.3 Å². The molecule has 0 fully saturated rings. The number of nitrogens with two attached hydrogens (primary N) is 1. The Bertz CT molecular complexity index is 200. The monoisotopic (exact) mass is 197 g/mol. The highest BCUT2D eigenvalue weighted by molar-refractivity contribution is 5.20. The third-order valence-corrected chi connectivity index (χ3v) is 1.39. The highest BCUT2D eigenvalue weighted by Gasteiger charge is 1.86. The molecule has 0 unspecified atom stereocenters. The van der Waals surface area contributed by atoms with Gasteiger partial charge in [0, 0.05) is 0 Å². The number of hydrogen-bond donors (Lipinski definition) is 2. The molecule has 1 rings (SSSR count). The maximum absolute atomic E-state index is 8.40. The van der Waals surface area contributed by atoms with Crippen LogP contribution >= 0.6 is 0 Å². The Morgan fingerprint density at radius 1 is 1.29 bits per heavy atom. The van der Waals surface area contributed by atoms with Crippen molar-refractivity contribution in [2.45, 2.75) is 13.3 Å². The smallest absolute Gasteiger partial charge is 0.119 e. The lowest BCUT2D eigenvalue weighted by Crippen LogP contribution is -2.00. The largest absolute Gasteiger partial charge is 0.491 e. The first-order chi connectivity index (χ1) is 6.85. The first-order valence-corrected chi connectivity index (χ1v) is 4.84. The maximum atomic E-state index is 8.40. The molecule has 0 atom stereocenters. The highest BCUT2D eigenvalue weighted by Crippen LogP contribution is 2.06. The summed E-state index contributed by atoms with van der Waals surface area (Å²) in [6.07, 6.45) is 1.10. The van der Waals surface area contributed by atoms with E-state index in [0.29, 0.717) is 6.61 Å². The molecule has 0 heterocycles. The highest BCUT2D eigenvalue weighted by atomic mass is 16.5. The van der Waals surface area contributed by atoms with E-state index in [2.05, 4.69) is 6.92 Å². The predicted molar refractivity (Wildman–Crippen MR) is 58.4 cm³/mol. The van der Waals surface area contributed by atoms with Gasteiger partial charge in [0.1, 0.15) is 12.4 Å². The molecule has 0 spiro atoms. The Balaban J connectivity index is 0.000000364. The minimum Gasteiger partial charge on any atom is -0.491 e. The van der Waals surface area contributed by atoms with Crippen LogP contribution in [-0.2, 0) is 0 Å². The summed E-state index contributed by atoms with van der Waals surface area (Å²) in [6, 6.07) is 9.43. The minimum absolute atomic E-state index is 0.0644. The van der Waals surface area contributed by atoms with Crippen molar-refractivity contribution in [3.05, 3.63) is 30.3 Å². The van der Waals surface area contributed by atoms with Crippen LogP contribution < -0.4 is 10.5 Å². The van der Waals surface area contributed by atoms with Gasteiger partial charge in [-0.25, -0.2) is 0 Å². The summed E-state index contributed by atoms with van der Waals surface area (Å²) in [5.41, 5.74) is 5.03. The summed E-state index contributed by atoms with van der Waals surface area (Å²) >= 11 is 0. The van der Waals surface area contributed by atoms with E-state index < -0.39 is 0 Å². The van der Waals surface area contributed by atoms with Crippen LogP contribution in [0.2, 0.25) is 0 Å². The average molecular weight is 197 g/mol. The number of rotatable bonds is 4. The summed E-state index contributed by atoms with van der Waals surface area (Å²) in [5, 5.41) is 8.40. The lowest BCUT2D eigenvalue weighted by molar-refractivity contribution is 0.201. The van der Waals surface area contributed by atoms with Crippen LogP contribution in [-0.4, -0.2) is 24.9 Å². The van der Waals surface area contributed by atoms with Gasteiger partial charge in [-0.15, -0.1) is 0 Å². The van der Waals surface area contributed by atoms with Crippen LogP contribution in [0.5, 0.6) is 5.75 Å². The number of aliphatic hydroxyl groups is 1. The Kier molecular flexibility index (Phi) is 9.26. The zero-order valence-electron chi connectivity index (χ0n) is 8.65. The minimum atomic E-state index is 0.0644. The van der Waals surface area contributed by atoms with E-state index in [1.54, 1.807) is 0 Å². The van der Waals surface area contributed by atoms with E-state index in [1.165, 1.54) is 0 Å². The lowest BCUT2D eigenvalue weighted by atomic mass is 10.3. The van der Waals surface area contributed by atoms with Gasteiger partial charge in [0.2, 0.25) is 0 Å². The van der Waals surface area contributed by atoms with Crippen molar-refractivity contribution < 1.29 is 9.84 Å². The molecule has 0 bridgehead atoms. The zero-order chi connectivity index (χ0) is 10.6. The van der Waals surface area contributed by atoms with Crippen LogP contribution in [0.3, 0.4) is 0 Å². The second-order valence-corrected chi connectivity index (χ2v) is 2.67. The van der Waals surface area contributed by atoms with E-state index in [1.807, 2.05) is 30.3 Å². The summed E-state index contributed by atoms with van der Waals surface area (Å²) in [7, 11) is 0. The molecule has 0 saturated carbocycles. The molecule has 3 nitrogen and oxygen atoms in total. The van der Waals surface area contributed by atoms with Crippen LogP contribution in [0.4, 0.5) is 0 Å². The molecule has 0 aliphatic carbocycles. The van der Waals surface area contributed by atoms with Gasteiger partial charge >= 0.3 is 0 Å². The van der Waals surface area contributed by atoms with Crippen molar-refractivity contribution in [1.82, 2.24) is 0 Å². The van der Waals surface area contributed by atoms with Crippen molar-refractivity contribution in [3.63, 3.8) is 0 Å². The number of benzene rings is 1. The van der Waals surface area contributed by atoms with Crippen LogP contribution in [0.15, 0.2) is 30.3 Å². The van der Waals surface area contributed by atoms with Gasteiger partial charge < -0.3 is 15.6 Å². The topological polar surface area (TPSA) is 55.5 Å². The molecule has 3 heteroatoms. The molecule has 0 aliphatic heterocycles. The van der Waals surface area contributed by atoms with Crippen molar-refractivity contribution in [3.8, 4) is 5.75 Å². The van der Waals surface area contributed by atoms with Crippen LogP contribution in [0.25, 0.3) is 0 Å². The predicted octanol–water partition coefficient (Wildman–Crippen LogP) is 1.41. The Morgan fingerprint density at radius 2 is 1.86 bits per heavy atom. The van der Waals surface area contributed by atoms with Gasteiger partial charge in [-0.3, -0.25) is 0 Å². The molecule has 0 aliphatic rings. The van der Waals surface area contributed by atoms with Gasteiger partial charge in [-0.05, 0) is 25.1 Å². The van der Waals surface area contributed by atoms with Gasteiger partial charge in [0.05, 0.1) is 6.61 Å². The number of para-hydroxylation sites is 1. The van der Waals surface area contributed by atoms with E-state index in [9.17, 15) is 0 Å². The molecule has 14 heavy (non-hydrogen) atoms. The van der Waals surface area contributed by atoms with Gasteiger partial charge in [0.25, 0.3) is 0 Å². The molecule has 0 saturated heterocycles. The van der Waals surface area contributed by atoms with E-state index in [-0.39, 0.29) is 6.61 Å². The molecular weight excluding hydrogens is 178 g/mol. The fourth-order valence-corrected chi connectivity index (χ4v) is 0.680. The first-order valence-electron chi connectivity index (χ1n) is 4.84. The number of aliphatic hydroxyl groups excluding tert-OH is 1. The third-order valence-electron chi connectivity index (χ3n) is 1.39. The van der Waals surface area contributed by atoms with E-state index in [4.69, 9.17) is 15.6 Å². The number of hydrogen-bond acceptors (Lipinski definition) is 3. The molecule has 80 valence electrons. The van der Waals surface area contributed by atoms with E-state index in [0.717, 1.165) is 18.7 Å². The number of ether oxygens (including phenoxy) is 1. The lowest BCUT2D eigenvalue weighted by Gasteiger charge is -2.01. The van der Waals surface area contributed by atoms with E-state index >= 15 is 0 Å². The average Bonchev–Trinajstić information content (AvgIpc) is 2.28. The molecule has 1 aromatic carbocycles. The molecule has 0 aromatic heterocycles. The second-order valence-electron chi connectivity index (χ2n) is 2.67. The van der Waals surface area contributed by atoms with Crippen molar-refractivity contribution in [1.29, 1.82) is 0 Å². The van der Waals surface area contributed by atoms with Crippen molar-refractivity contribution in [2.24, 2.45) is 5.73 Å². The Hall–Kier alpha value is -1.06. The summed E-state index contributed by atoms with van der Waals surface area (Å²) in [6.45, 7) is 3.30. The zero-order valence-corrected chi connectivity index (χ0v) is 8.65. The molecule has 3 N–H and O–H groups in total. The summed E-state index contributed by atoms with van der Waals surface area (Å²) < 4.78 is 5.11. The second kappa shape index (κ2) is 10.0. The van der Waals surface area contributed by atoms with Gasteiger partial charge in [0.15, 0.2) is 0 Å². The quantitative estimate of drug-likeness (QED) is 0.767. The van der Waals surface area contributed by atoms with Crippen molar-refractivity contribution in [2.75, 3.05) is 19.8 Å². The molecular formula is C11H19NO2. The summed E-state index contributed by atoms with van der Waals surface area (Å²) in [4.78, 5) is 0.